The van der Waals surface area contributed by atoms with Crippen LogP contribution in [0.5, 0.6) is 0 Å². The molecule has 0 unspecified atom stereocenters. The number of H-pyrrole nitrogens is 1. The van der Waals surface area contributed by atoms with Gasteiger partial charge in [0, 0.05) is 24.0 Å². The number of nitrogens with zero attached hydrogens (tertiary/aromatic N) is 2. The van der Waals surface area contributed by atoms with Gasteiger partial charge in [0.15, 0.2) is 4.96 Å². The van der Waals surface area contributed by atoms with E-state index >= 15 is 0 Å². The molecule has 0 fully saturated rings. The molecule has 3 aromatic heterocycles. The predicted molar refractivity (Wildman–Crippen MR) is 52.9 cm³/mol. The number of hydrogen-bond donors (Lipinski definition) is 1. The highest BCUT2D eigenvalue weighted by Gasteiger charge is 2.04. The van der Waals surface area contributed by atoms with Crippen LogP contribution in [0.4, 0.5) is 0 Å². The van der Waals surface area contributed by atoms with Crippen molar-refractivity contribution >= 4 is 16.3 Å². The first-order chi connectivity index (χ1) is 6.43. The minimum Gasteiger partial charge on any atom is -0.360 e. The average Bonchev–Trinajstić information content (AvgIpc) is 2.78. The number of aromatic nitrogens is 3. The van der Waals surface area contributed by atoms with Crippen molar-refractivity contribution in [2.75, 3.05) is 0 Å². The molecule has 0 saturated carbocycles. The maximum atomic E-state index is 4.47. The number of aromatic amines is 1. The zero-order chi connectivity index (χ0) is 8.67. The van der Waals surface area contributed by atoms with Crippen LogP contribution < -0.4 is 0 Å². The van der Waals surface area contributed by atoms with Crippen molar-refractivity contribution in [3.05, 3.63) is 36.1 Å². The fraction of sp³-hybridized carbons (Fsp3) is 0. The number of nitrogens with one attached hydrogen (secondary N) is 1. The second kappa shape index (κ2) is 2.47. The summed E-state index contributed by atoms with van der Waals surface area (Å²) in [4.78, 5) is 8.63. The molecule has 4 heteroatoms. The molecule has 0 atom stereocenters. The van der Waals surface area contributed by atoms with Crippen molar-refractivity contribution in [2.24, 2.45) is 0 Å². The van der Waals surface area contributed by atoms with Gasteiger partial charge in [0.25, 0.3) is 0 Å². The van der Waals surface area contributed by atoms with Gasteiger partial charge in [0.05, 0.1) is 5.69 Å². The van der Waals surface area contributed by atoms with E-state index in [-0.39, 0.29) is 0 Å². The Hall–Kier alpha value is -1.55. The van der Waals surface area contributed by atoms with Crippen LogP contribution >= 0.6 is 11.3 Å². The molecule has 3 rings (SSSR count). The van der Waals surface area contributed by atoms with Crippen LogP contribution in [0.2, 0.25) is 0 Å². The first-order valence-corrected chi connectivity index (χ1v) is 4.87. The summed E-state index contributed by atoms with van der Waals surface area (Å²) in [7, 11) is 0. The van der Waals surface area contributed by atoms with E-state index in [4.69, 9.17) is 0 Å². The third-order valence-electron chi connectivity index (χ3n) is 1.97. The van der Waals surface area contributed by atoms with Gasteiger partial charge in [-0.05, 0) is 12.1 Å². The number of hydrogen-bond acceptors (Lipinski definition) is 2. The van der Waals surface area contributed by atoms with Gasteiger partial charge in [-0.1, -0.05) is 0 Å². The van der Waals surface area contributed by atoms with Gasteiger partial charge in [0.2, 0.25) is 0 Å². The van der Waals surface area contributed by atoms with Gasteiger partial charge >= 0.3 is 0 Å². The lowest BCUT2D eigenvalue weighted by Gasteiger charge is -1.86. The molecule has 64 valence electrons. The third kappa shape index (κ3) is 0.990. The van der Waals surface area contributed by atoms with Crippen molar-refractivity contribution in [3.8, 4) is 11.4 Å². The molecular formula is C9H7N3S. The minimum absolute atomic E-state index is 0.997. The smallest absolute Gasteiger partial charge is 0.194 e. The molecule has 0 amide bonds. The van der Waals surface area contributed by atoms with Crippen molar-refractivity contribution in [3.63, 3.8) is 0 Å². The number of fused-ring (bicyclic) bond motifs is 1. The SMILES string of the molecule is c1c[nH]c(-c2cn3ccsc3n2)c1. The second-order valence-corrected chi connectivity index (χ2v) is 3.68. The molecule has 0 spiro atoms. The zero-order valence-corrected chi connectivity index (χ0v) is 7.58. The summed E-state index contributed by atoms with van der Waals surface area (Å²) in [6.45, 7) is 0. The lowest BCUT2D eigenvalue weighted by atomic mass is 10.3. The fourth-order valence-corrected chi connectivity index (χ4v) is 2.05. The number of thiazole rings is 1. The molecule has 0 bridgehead atoms. The van der Waals surface area contributed by atoms with Gasteiger partial charge in [-0.2, -0.15) is 0 Å². The fourth-order valence-electron chi connectivity index (χ4n) is 1.35. The molecule has 3 heterocycles. The van der Waals surface area contributed by atoms with Gasteiger partial charge < -0.3 is 4.98 Å². The van der Waals surface area contributed by atoms with Crippen LogP contribution in [0, 0.1) is 0 Å². The van der Waals surface area contributed by atoms with E-state index in [0.717, 1.165) is 16.3 Å². The second-order valence-electron chi connectivity index (χ2n) is 2.80. The highest BCUT2D eigenvalue weighted by Crippen LogP contribution is 2.19. The topological polar surface area (TPSA) is 33.1 Å². The summed E-state index contributed by atoms with van der Waals surface area (Å²) in [5, 5.41) is 2.03. The number of imidazole rings is 1. The molecule has 0 radical (unpaired) electrons. The van der Waals surface area contributed by atoms with Crippen LogP contribution in [-0.2, 0) is 0 Å². The zero-order valence-electron chi connectivity index (χ0n) is 6.77. The molecule has 13 heavy (non-hydrogen) atoms. The van der Waals surface area contributed by atoms with E-state index < -0.39 is 0 Å². The van der Waals surface area contributed by atoms with E-state index in [1.165, 1.54) is 0 Å². The Morgan fingerprint density at radius 2 is 2.46 bits per heavy atom. The molecule has 0 saturated heterocycles. The molecule has 0 aliphatic carbocycles. The Bertz CT molecular complexity index is 489. The highest BCUT2D eigenvalue weighted by atomic mass is 32.1. The lowest BCUT2D eigenvalue weighted by molar-refractivity contribution is 1.23. The Labute approximate surface area is 78.7 Å². The maximum absolute atomic E-state index is 4.47. The van der Waals surface area contributed by atoms with E-state index in [1.54, 1.807) is 11.3 Å². The summed E-state index contributed by atoms with van der Waals surface area (Å²) in [6.07, 6.45) is 5.94. The quantitative estimate of drug-likeness (QED) is 0.626. The number of rotatable bonds is 1. The summed E-state index contributed by atoms with van der Waals surface area (Å²) in [5.74, 6) is 0. The average molecular weight is 189 g/mol. The van der Waals surface area contributed by atoms with Crippen molar-refractivity contribution < 1.29 is 0 Å². The molecule has 0 aromatic carbocycles. The van der Waals surface area contributed by atoms with E-state index in [2.05, 4.69) is 9.97 Å². The summed E-state index contributed by atoms with van der Waals surface area (Å²) in [5.41, 5.74) is 2.06. The van der Waals surface area contributed by atoms with Gasteiger partial charge in [-0.15, -0.1) is 11.3 Å². The Morgan fingerprint density at radius 1 is 1.46 bits per heavy atom. The molecule has 0 aliphatic heterocycles. The summed E-state index contributed by atoms with van der Waals surface area (Å²) in [6, 6.07) is 4.00. The van der Waals surface area contributed by atoms with Crippen molar-refractivity contribution in [1.82, 2.24) is 14.4 Å². The first-order valence-electron chi connectivity index (χ1n) is 3.99. The van der Waals surface area contributed by atoms with Gasteiger partial charge in [-0.3, -0.25) is 4.40 Å². The Morgan fingerprint density at radius 3 is 3.23 bits per heavy atom. The molecule has 3 aromatic rings. The van der Waals surface area contributed by atoms with Gasteiger partial charge in [-0.25, -0.2) is 4.98 Å². The highest BCUT2D eigenvalue weighted by molar-refractivity contribution is 7.15. The lowest BCUT2D eigenvalue weighted by Crippen LogP contribution is -1.74. The van der Waals surface area contributed by atoms with Crippen LogP contribution in [0.3, 0.4) is 0 Å². The van der Waals surface area contributed by atoms with E-state index in [0.29, 0.717) is 0 Å². The van der Waals surface area contributed by atoms with Crippen molar-refractivity contribution in [2.45, 2.75) is 0 Å². The third-order valence-corrected chi connectivity index (χ3v) is 2.74. The van der Waals surface area contributed by atoms with Crippen LogP contribution in [0.1, 0.15) is 0 Å². The Kier molecular flexibility index (Phi) is 1.31. The molecular weight excluding hydrogens is 182 g/mol. The van der Waals surface area contributed by atoms with E-state index in [9.17, 15) is 0 Å². The molecule has 1 N–H and O–H groups in total. The normalized spacial score (nSPS) is 11.1. The first kappa shape index (κ1) is 6.91. The standard InChI is InChI=1S/C9H7N3S/c1-2-7(10-3-1)8-6-12-4-5-13-9(12)11-8/h1-6,10H. The van der Waals surface area contributed by atoms with Crippen molar-refractivity contribution in [1.29, 1.82) is 0 Å². The predicted octanol–water partition coefficient (Wildman–Crippen LogP) is 2.39. The van der Waals surface area contributed by atoms with Crippen LogP contribution in [0.15, 0.2) is 36.1 Å². The summed E-state index contributed by atoms with van der Waals surface area (Å²) < 4.78 is 2.03. The van der Waals surface area contributed by atoms with Gasteiger partial charge in [0.1, 0.15) is 5.69 Å². The largest absolute Gasteiger partial charge is 0.360 e. The molecule has 3 nitrogen and oxygen atoms in total. The van der Waals surface area contributed by atoms with E-state index in [1.807, 2.05) is 40.5 Å². The monoisotopic (exact) mass is 189 g/mol. The molecule has 0 aliphatic rings. The summed E-state index contributed by atoms with van der Waals surface area (Å²) >= 11 is 1.64. The maximum Gasteiger partial charge on any atom is 0.194 e. The minimum atomic E-state index is 0.997. The van der Waals surface area contributed by atoms with Crippen LogP contribution in [-0.4, -0.2) is 14.4 Å². The van der Waals surface area contributed by atoms with Crippen LogP contribution in [0.25, 0.3) is 16.3 Å². The Balaban J connectivity index is 2.23.